The second-order valence-electron chi connectivity index (χ2n) is 4.74. The molecule has 0 bridgehead atoms. The van der Waals surface area contributed by atoms with Crippen molar-refractivity contribution in [3.63, 3.8) is 0 Å². The summed E-state index contributed by atoms with van der Waals surface area (Å²) in [5, 5.41) is 10.8. The predicted octanol–water partition coefficient (Wildman–Crippen LogP) is 3.91. The van der Waals surface area contributed by atoms with E-state index in [1.54, 1.807) is 7.11 Å². The van der Waals surface area contributed by atoms with Gasteiger partial charge in [0.15, 0.2) is 0 Å². The molecule has 2 rings (SSSR count). The van der Waals surface area contributed by atoms with E-state index in [1.807, 2.05) is 55.5 Å². The molecule has 1 atom stereocenters. The fraction of sp³-hybridized carbons (Fsp3) is 0.250. The minimum absolute atomic E-state index is 0.523. The Bertz CT molecular complexity index is 564. The third-order valence-corrected chi connectivity index (χ3v) is 3.95. The van der Waals surface area contributed by atoms with Crippen molar-refractivity contribution in [3.05, 3.63) is 64.1 Å². The van der Waals surface area contributed by atoms with Crippen LogP contribution in [-0.4, -0.2) is 12.2 Å². The highest BCUT2D eigenvalue weighted by atomic mass is 79.9. The van der Waals surface area contributed by atoms with Crippen LogP contribution in [0.1, 0.15) is 18.1 Å². The standard InChI is InChI=1S/C16H17BrO2/c1-16(18,11-12-7-3-5-9-14(12)17)13-8-4-6-10-15(13)19-2/h3-10,18H,11H2,1-2H3. The van der Waals surface area contributed by atoms with Gasteiger partial charge >= 0.3 is 0 Å². The molecular weight excluding hydrogens is 304 g/mol. The molecule has 0 aliphatic heterocycles. The Labute approximate surface area is 122 Å². The molecule has 0 fully saturated rings. The summed E-state index contributed by atoms with van der Waals surface area (Å²) in [7, 11) is 1.62. The molecule has 0 saturated heterocycles. The van der Waals surface area contributed by atoms with Crippen LogP contribution in [0.4, 0.5) is 0 Å². The van der Waals surface area contributed by atoms with E-state index in [2.05, 4.69) is 15.9 Å². The van der Waals surface area contributed by atoms with Crippen molar-refractivity contribution in [3.8, 4) is 5.75 Å². The van der Waals surface area contributed by atoms with Crippen LogP contribution in [0.2, 0.25) is 0 Å². The third kappa shape index (κ3) is 3.17. The number of aliphatic hydroxyl groups is 1. The van der Waals surface area contributed by atoms with Crippen LogP contribution < -0.4 is 4.74 Å². The van der Waals surface area contributed by atoms with Crippen LogP contribution in [0.15, 0.2) is 53.0 Å². The van der Waals surface area contributed by atoms with E-state index >= 15 is 0 Å². The molecule has 0 aliphatic rings. The van der Waals surface area contributed by atoms with Gasteiger partial charge in [-0.1, -0.05) is 52.3 Å². The van der Waals surface area contributed by atoms with E-state index in [0.29, 0.717) is 12.2 Å². The lowest BCUT2D eigenvalue weighted by molar-refractivity contribution is 0.0548. The number of rotatable bonds is 4. The zero-order valence-electron chi connectivity index (χ0n) is 11.1. The van der Waals surface area contributed by atoms with E-state index < -0.39 is 5.60 Å². The SMILES string of the molecule is COc1ccccc1C(C)(O)Cc1ccccc1Br. The van der Waals surface area contributed by atoms with Crippen molar-refractivity contribution in [2.24, 2.45) is 0 Å². The van der Waals surface area contributed by atoms with E-state index in [1.165, 1.54) is 0 Å². The average molecular weight is 321 g/mol. The highest BCUT2D eigenvalue weighted by Gasteiger charge is 2.27. The Balaban J connectivity index is 2.35. The van der Waals surface area contributed by atoms with Crippen LogP contribution in [-0.2, 0) is 12.0 Å². The van der Waals surface area contributed by atoms with Crippen molar-refractivity contribution in [2.45, 2.75) is 18.9 Å². The number of hydrogen-bond acceptors (Lipinski definition) is 2. The normalized spacial score (nSPS) is 13.9. The highest BCUT2D eigenvalue weighted by molar-refractivity contribution is 9.10. The topological polar surface area (TPSA) is 29.5 Å². The smallest absolute Gasteiger partial charge is 0.124 e. The van der Waals surface area contributed by atoms with Crippen molar-refractivity contribution in [1.82, 2.24) is 0 Å². The lowest BCUT2D eigenvalue weighted by Gasteiger charge is -2.26. The summed E-state index contributed by atoms with van der Waals surface area (Å²) in [5.41, 5.74) is 0.892. The number of ether oxygens (including phenoxy) is 1. The van der Waals surface area contributed by atoms with Gasteiger partial charge in [-0.25, -0.2) is 0 Å². The Morgan fingerprint density at radius 1 is 1.11 bits per heavy atom. The summed E-state index contributed by atoms with van der Waals surface area (Å²) in [6, 6.07) is 15.5. The first-order valence-corrected chi connectivity index (χ1v) is 6.93. The summed E-state index contributed by atoms with van der Waals surface area (Å²) in [6.45, 7) is 1.81. The van der Waals surface area contributed by atoms with Crippen molar-refractivity contribution in [1.29, 1.82) is 0 Å². The van der Waals surface area contributed by atoms with Gasteiger partial charge in [0.2, 0.25) is 0 Å². The lowest BCUT2D eigenvalue weighted by Crippen LogP contribution is -2.25. The number of methoxy groups -OCH3 is 1. The van der Waals surface area contributed by atoms with Gasteiger partial charge in [-0.3, -0.25) is 0 Å². The highest BCUT2D eigenvalue weighted by Crippen LogP contribution is 2.33. The van der Waals surface area contributed by atoms with Gasteiger partial charge in [0.05, 0.1) is 12.7 Å². The zero-order valence-corrected chi connectivity index (χ0v) is 12.6. The number of hydrogen-bond donors (Lipinski definition) is 1. The van der Waals surface area contributed by atoms with Gasteiger partial charge < -0.3 is 9.84 Å². The largest absolute Gasteiger partial charge is 0.496 e. The Morgan fingerprint density at radius 2 is 1.74 bits per heavy atom. The molecule has 19 heavy (non-hydrogen) atoms. The van der Waals surface area contributed by atoms with E-state index in [0.717, 1.165) is 15.6 Å². The van der Waals surface area contributed by atoms with Crippen LogP contribution in [0.3, 0.4) is 0 Å². The van der Waals surface area contributed by atoms with Crippen LogP contribution in [0.25, 0.3) is 0 Å². The molecule has 0 radical (unpaired) electrons. The lowest BCUT2D eigenvalue weighted by atomic mass is 9.88. The first kappa shape index (κ1) is 14.1. The van der Waals surface area contributed by atoms with Crippen LogP contribution in [0, 0.1) is 0 Å². The number of benzene rings is 2. The first-order valence-electron chi connectivity index (χ1n) is 6.14. The first-order chi connectivity index (χ1) is 9.04. The van der Waals surface area contributed by atoms with Gasteiger partial charge in [0, 0.05) is 16.5 Å². The molecule has 1 N–H and O–H groups in total. The predicted molar refractivity (Wildman–Crippen MR) is 80.4 cm³/mol. The summed E-state index contributed by atoms with van der Waals surface area (Å²) in [6.07, 6.45) is 0.523. The maximum absolute atomic E-state index is 10.8. The molecule has 0 heterocycles. The van der Waals surface area contributed by atoms with Gasteiger partial charge in [-0.15, -0.1) is 0 Å². The molecule has 0 aromatic heterocycles. The summed E-state index contributed by atoms with van der Waals surface area (Å²) >= 11 is 3.51. The second kappa shape index (κ2) is 5.76. The Kier molecular flexibility index (Phi) is 4.27. The molecule has 0 aliphatic carbocycles. The maximum Gasteiger partial charge on any atom is 0.124 e. The number of para-hydroxylation sites is 1. The molecule has 0 spiro atoms. The second-order valence-corrected chi connectivity index (χ2v) is 5.60. The molecule has 0 saturated carbocycles. The fourth-order valence-corrected chi connectivity index (χ4v) is 2.62. The minimum Gasteiger partial charge on any atom is -0.496 e. The van der Waals surface area contributed by atoms with E-state index in [-0.39, 0.29) is 0 Å². The summed E-state index contributed by atoms with van der Waals surface area (Å²) < 4.78 is 6.33. The van der Waals surface area contributed by atoms with Crippen molar-refractivity contribution < 1.29 is 9.84 Å². The zero-order chi connectivity index (χ0) is 13.9. The van der Waals surface area contributed by atoms with Gasteiger partial charge in [-0.2, -0.15) is 0 Å². The molecule has 3 heteroatoms. The molecular formula is C16H17BrO2. The minimum atomic E-state index is -0.976. The maximum atomic E-state index is 10.8. The molecule has 0 amide bonds. The average Bonchev–Trinajstić information content (AvgIpc) is 2.41. The third-order valence-electron chi connectivity index (χ3n) is 3.18. The number of halogens is 1. The molecule has 1 unspecified atom stereocenters. The fourth-order valence-electron chi connectivity index (χ4n) is 2.20. The Morgan fingerprint density at radius 3 is 2.42 bits per heavy atom. The molecule has 100 valence electrons. The van der Waals surface area contributed by atoms with Crippen LogP contribution in [0.5, 0.6) is 5.75 Å². The van der Waals surface area contributed by atoms with Crippen LogP contribution >= 0.6 is 15.9 Å². The van der Waals surface area contributed by atoms with E-state index in [4.69, 9.17) is 4.74 Å². The Hall–Kier alpha value is -1.32. The van der Waals surface area contributed by atoms with Gasteiger partial charge in [0.1, 0.15) is 5.75 Å². The monoisotopic (exact) mass is 320 g/mol. The van der Waals surface area contributed by atoms with Gasteiger partial charge in [-0.05, 0) is 24.6 Å². The molecule has 2 aromatic carbocycles. The summed E-state index contributed by atoms with van der Waals surface area (Å²) in [5.74, 6) is 0.708. The van der Waals surface area contributed by atoms with Crippen molar-refractivity contribution >= 4 is 15.9 Å². The van der Waals surface area contributed by atoms with Gasteiger partial charge in [0.25, 0.3) is 0 Å². The molecule has 2 nitrogen and oxygen atoms in total. The summed E-state index contributed by atoms with van der Waals surface area (Å²) in [4.78, 5) is 0. The molecule has 2 aromatic rings. The van der Waals surface area contributed by atoms with Crippen molar-refractivity contribution in [2.75, 3.05) is 7.11 Å². The van der Waals surface area contributed by atoms with E-state index in [9.17, 15) is 5.11 Å². The quantitative estimate of drug-likeness (QED) is 0.925.